The van der Waals surface area contributed by atoms with Gasteiger partial charge in [-0.05, 0) is 93.0 Å². The van der Waals surface area contributed by atoms with E-state index >= 15 is 0 Å². The molecule has 0 saturated heterocycles. The molecular formula is C69H45N5. The Morgan fingerprint density at radius 3 is 1.34 bits per heavy atom. The van der Waals surface area contributed by atoms with Crippen LogP contribution < -0.4 is 0 Å². The van der Waals surface area contributed by atoms with Gasteiger partial charge in [-0.3, -0.25) is 0 Å². The van der Waals surface area contributed by atoms with Gasteiger partial charge in [-0.15, -0.1) is 0 Å². The van der Waals surface area contributed by atoms with Crippen LogP contribution in [-0.2, 0) is 0 Å². The lowest BCUT2D eigenvalue weighted by Crippen LogP contribution is -2.04. The van der Waals surface area contributed by atoms with Gasteiger partial charge in [0.25, 0.3) is 0 Å². The van der Waals surface area contributed by atoms with Crippen LogP contribution in [0.25, 0.3) is 134 Å². The second-order valence-corrected chi connectivity index (χ2v) is 18.7. The van der Waals surface area contributed by atoms with Crippen molar-refractivity contribution in [2.75, 3.05) is 0 Å². The van der Waals surface area contributed by atoms with E-state index in [1.54, 1.807) is 0 Å². The molecule has 0 aliphatic rings. The van der Waals surface area contributed by atoms with Gasteiger partial charge in [0.15, 0.2) is 17.5 Å². The zero-order chi connectivity index (χ0) is 49.0. The van der Waals surface area contributed by atoms with Crippen molar-refractivity contribution in [3.05, 3.63) is 273 Å². The van der Waals surface area contributed by atoms with Crippen LogP contribution in [-0.4, -0.2) is 24.1 Å². The fourth-order valence-electron chi connectivity index (χ4n) is 11.1. The summed E-state index contributed by atoms with van der Waals surface area (Å²) in [6.07, 6.45) is 0. The predicted molar refractivity (Wildman–Crippen MR) is 307 cm³/mol. The molecule has 0 fully saturated rings. The van der Waals surface area contributed by atoms with Crippen molar-refractivity contribution in [2.24, 2.45) is 0 Å². The number of hydrogen-bond donors (Lipinski definition) is 0. The largest absolute Gasteiger partial charge is 0.309 e. The smallest absolute Gasteiger partial charge is 0.166 e. The number of fused-ring (bicyclic) bond motifs is 6. The molecule has 14 rings (SSSR count). The van der Waals surface area contributed by atoms with Gasteiger partial charge in [0.1, 0.15) is 0 Å². The van der Waals surface area contributed by atoms with Crippen LogP contribution in [0.15, 0.2) is 273 Å². The number of nitrogens with zero attached hydrogens (tertiary/aromatic N) is 5. The Morgan fingerprint density at radius 1 is 0.230 bits per heavy atom. The van der Waals surface area contributed by atoms with Crippen molar-refractivity contribution in [1.82, 2.24) is 24.1 Å². The van der Waals surface area contributed by atoms with Gasteiger partial charge in [0.05, 0.1) is 27.8 Å². The molecule has 0 aliphatic heterocycles. The Morgan fingerprint density at radius 2 is 0.662 bits per heavy atom. The first-order valence-electron chi connectivity index (χ1n) is 25.1. The summed E-state index contributed by atoms with van der Waals surface area (Å²) in [6.45, 7) is 0. The fraction of sp³-hybridized carbons (Fsp3) is 0. The van der Waals surface area contributed by atoms with Gasteiger partial charge in [0.2, 0.25) is 0 Å². The molecule has 0 unspecified atom stereocenters. The third-order valence-corrected chi connectivity index (χ3v) is 14.4. The normalized spacial score (nSPS) is 11.5. The first-order valence-corrected chi connectivity index (χ1v) is 25.1. The van der Waals surface area contributed by atoms with Crippen LogP contribution in [0, 0.1) is 0 Å². The van der Waals surface area contributed by atoms with Gasteiger partial charge >= 0.3 is 0 Å². The average Bonchev–Trinajstić information content (AvgIpc) is 4.02. The molecule has 0 aliphatic carbocycles. The average molecular weight is 944 g/mol. The van der Waals surface area contributed by atoms with Crippen molar-refractivity contribution in [3.8, 4) is 90.0 Å². The SMILES string of the molecule is c1ccc(-c2ccc(-c3nc(-c4ccccc4-c4ccccc4)nc(-c4ccccc4-n4c5ccccc5c5c(-c6cccc7c6c6ccc(-c8ccccc8)cc6n7-c6ccccc6)cccc54)n3)cc2)cc1. The molecule has 0 N–H and O–H groups in total. The highest BCUT2D eigenvalue weighted by Crippen LogP contribution is 2.45. The maximum atomic E-state index is 5.42. The Kier molecular flexibility index (Phi) is 10.4. The van der Waals surface area contributed by atoms with Crippen LogP contribution in [0.2, 0.25) is 0 Å². The quantitative estimate of drug-likeness (QED) is 0.145. The van der Waals surface area contributed by atoms with Crippen molar-refractivity contribution < 1.29 is 0 Å². The van der Waals surface area contributed by atoms with Crippen LogP contribution in [0.3, 0.4) is 0 Å². The molecule has 11 aromatic carbocycles. The highest BCUT2D eigenvalue weighted by molar-refractivity contribution is 6.22. The summed E-state index contributed by atoms with van der Waals surface area (Å²) >= 11 is 0. The Hall–Kier alpha value is -9.97. The summed E-state index contributed by atoms with van der Waals surface area (Å²) in [5.74, 6) is 1.80. The van der Waals surface area contributed by atoms with Gasteiger partial charge in [-0.1, -0.05) is 224 Å². The third kappa shape index (κ3) is 7.29. The lowest BCUT2D eigenvalue weighted by atomic mass is 9.95. The molecule has 346 valence electrons. The molecule has 0 bridgehead atoms. The zero-order valence-corrected chi connectivity index (χ0v) is 40.2. The summed E-state index contributed by atoms with van der Waals surface area (Å²) < 4.78 is 4.83. The van der Waals surface area contributed by atoms with E-state index in [-0.39, 0.29) is 0 Å². The van der Waals surface area contributed by atoms with Crippen molar-refractivity contribution >= 4 is 43.6 Å². The topological polar surface area (TPSA) is 48.5 Å². The van der Waals surface area contributed by atoms with Crippen molar-refractivity contribution in [1.29, 1.82) is 0 Å². The molecular weight excluding hydrogens is 899 g/mol. The standard InChI is InChI=1S/C69H45N5/c1-5-21-46(22-6-1)48-39-41-50(42-40-48)67-70-68(56-30-14-13-29-53(56)49-25-9-3-10-26-49)72-69(71-67)59-32-16-18-36-61(59)74-60-35-17-15-31-57(60)65-54(34-20-38-63(65)74)55-33-19-37-62-66(55)58-44-43-51(47-23-7-2-8-24-47)45-64(58)73(62)52-27-11-4-12-28-52/h1-45H. The first kappa shape index (κ1) is 42.9. The molecule has 0 saturated carbocycles. The molecule has 14 aromatic rings. The maximum Gasteiger partial charge on any atom is 0.166 e. The summed E-state index contributed by atoms with van der Waals surface area (Å²) in [5, 5.41) is 4.76. The molecule has 3 heterocycles. The molecule has 3 aromatic heterocycles. The molecule has 0 spiro atoms. The van der Waals surface area contributed by atoms with Gasteiger partial charge in [-0.25, -0.2) is 15.0 Å². The summed E-state index contributed by atoms with van der Waals surface area (Å²) in [7, 11) is 0. The van der Waals surface area contributed by atoms with E-state index in [4.69, 9.17) is 15.0 Å². The van der Waals surface area contributed by atoms with E-state index in [0.717, 1.165) is 77.8 Å². The van der Waals surface area contributed by atoms with Crippen molar-refractivity contribution in [2.45, 2.75) is 0 Å². The highest BCUT2D eigenvalue weighted by Gasteiger charge is 2.24. The predicted octanol–water partition coefficient (Wildman–Crippen LogP) is 17.7. The number of rotatable bonds is 9. The Labute approximate surface area is 428 Å². The molecule has 5 nitrogen and oxygen atoms in total. The third-order valence-electron chi connectivity index (χ3n) is 14.4. The van der Waals surface area contributed by atoms with Gasteiger partial charge in [0, 0.05) is 43.9 Å². The number of para-hydroxylation sites is 3. The number of benzene rings is 11. The van der Waals surface area contributed by atoms with E-state index < -0.39 is 0 Å². The van der Waals surface area contributed by atoms with E-state index in [0.29, 0.717) is 17.5 Å². The van der Waals surface area contributed by atoms with E-state index in [1.165, 1.54) is 38.4 Å². The Bertz CT molecular complexity index is 4390. The molecule has 0 amide bonds. The molecule has 0 atom stereocenters. The zero-order valence-electron chi connectivity index (χ0n) is 40.2. The minimum absolute atomic E-state index is 0.589. The molecule has 0 radical (unpaired) electrons. The van der Waals surface area contributed by atoms with Crippen LogP contribution in [0.1, 0.15) is 0 Å². The second kappa shape index (κ2) is 18.0. The van der Waals surface area contributed by atoms with E-state index in [1.807, 2.05) is 12.1 Å². The van der Waals surface area contributed by atoms with E-state index in [2.05, 4.69) is 270 Å². The monoisotopic (exact) mass is 943 g/mol. The minimum Gasteiger partial charge on any atom is -0.309 e. The van der Waals surface area contributed by atoms with E-state index in [9.17, 15) is 0 Å². The first-order chi connectivity index (χ1) is 36.7. The minimum atomic E-state index is 0.589. The number of hydrogen-bond acceptors (Lipinski definition) is 3. The van der Waals surface area contributed by atoms with Crippen LogP contribution in [0.4, 0.5) is 0 Å². The molecule has 5 heteroatoms. The van der Waals surface area contributed by atoms with Crippen molar-refractivity contribution in [3.63, 3.8) is 0 Å². The van der Waals surface area contributed by atoms with Gasteiger partial charge in [-0.2, -0.15) is 0 Å². The highest BCUT2D eigenvalue weighted by atomic mass is 15.1. The molecule has 74 heavy (non-hydrogen) atoms. The Balaban J connectivity index is 0.984. The number of aromatic nitrogens is 5. The summed E-state index contributed by atoms with van der Waals surface area (Å²) in [4.78, 5) is 16.1. The fourth-order valence-corrected chi connectivity index (χ4v) is 11.1. The lowest BCUT2D eigenvalue weighted by molar-refractivity contribution is 1.06. The maximum absolute atomic E-state index is 5.42. The lowest BCUT2D eigenvalue weighted by Gasteiger charge is -2.16. The summed E-state index contributed by atoms with van der Waals surface area (Å²) in [6, 6.07) is 97.0. The summed E-state index contributed by atoms with van der Waals surface area (Å²) in [5.41, 5.74) is 18.5. The van der Waals surface area contributed by atoms with Gasteiger partial charge < -0.3 is 9.13 Å². The van der Waals surface area contributed by atoms with Crippen LogP contribution in [0.5, 0.6) is 0 Å². The second-order valence-electron chi connectivity index (χ2n) is 18.7. The van der Waals surface area contributed by atoms with Crippen LogP contribution >= 0.6 is 0 Å².